The van der Waals surface area contributed by atoms with E-state index < -0.39 is 42.2 Å². The van der Waals surface area contributed by atoms with Crippen LogP contribution in [0, 0.1) is 0 Å². The first kappa shape index (κ1) is 22.8. The number of amides is 3. The molecule has 3 heterocycles. The van der Waals surface area contributed by atoms with Crippen molar-refractivity contribution in [3.05, 3.63) is 42.0 Å². The minimum Gasteiger partial charge on any atom is -0.496 e. The quantitative estimate of drug-likeness (QED) is 0.426. The number of esters is 1. The molecule has 3 aliphatic heterocycles. The molecule has 0 saturated carbocycles. The third kappa shape index (κ3) is 4.70. The molecule has 2 fully saturated rings. The second-order valence-electron chi connectivity index (χ2n) is 8.36. The topological polar surface area (TPSA) is 134 Å². The Hall–Kier alpha value is -3.40. The molecule has 10 nitrogen and oxygen atoms in total. The number of carbonyl (C=O) groups is 4. The van der Waals surface area contributed by atoms with Crippen LogP contribution in [0.5, 0.6) is 5.75 Å². The molecular formula is C23H27N3O7. The van der Waals surface area contributed by atoms with Crippen LogP contribution < -0.4 is 15.4 Å². The van der Waals surface area contributed by atoms with Gasteiger partial charge in [-0.3, -0.25) is 19.2 Å². The van der Waals surface area contributed by atoms with Crippen LogP contribution in [0.25, 0.3) is 0 Å². The van der Waals surface area contributed by atoms with E-state index in [4.69, 9.17) is 4.74 Å². The monoisotopic (exact) mass is 457 g/mol. The van der Waals surface area contributed by atoms with E-state index in [1.807, 2.05) is 12.2 Å². The van der Waals surface area contributed by atoms with Gasteiger partial charge in [0.05, 0.1) is 19.1 Å². The van der Waals surface area contributed by atoms with Gasteiger partial charge in [0.15, 0.2) is 0 Å². The van der Waals surface area contributed by atoms with Gasteiger partial charge in [-0.15, -0.1) is 0 Å². The van der Waals surface area contributed by atoms with Gasteiger partial charge >= 0.3 is 5.97 Å². The summed E-state index contributed by atoms with van der Waals surface area (Å²) in [5, 5.41) is 15.2. The predicted molar refractivity (Wildman–Crippen MR) is 115 cm³/mol. The van der Waals surface area contributed by atoms with Crippen molar-refractivity contribution < 1.29 is 33.8 Å². The fraction of sp³-hybridized carbons (Fsp3) is 0.478. The van der Waals surface area contributed by atoms with Crippen LogP contribution >= 0.6 is 0 Å². The van der Waals surface area contributed by atoms with Crippen LogP contribution in [0.4, 0.5) is 0 Å². The van der Waals surface area contributed by atoms with Gasteiger partial charge in [0.25, 0.3) is 5.91 Å². The zero-order valence-electron chi connectivity index (χ0n) is 18.2. The first-order chi connectivity index (χ1) is 15.9. The number of rotatable bonds is 5. The standard InChI is InChI=1S/C23H27N3O7/c1-32-18-9-5-3-7-14(18)20(28)24-15-8-4-2-6-13-10-11-17(26(13)22(15)30)21(29)25-16-12-19(27)33-23(16)31/h2-5,7,9,13,15-17,23,31H,6,8,10-12H2,1H3,(H,24,28)(H,25,29)/t13-,15+,16?,17+,23?/m1/s1. The van der Waals surface area contributed by atoms with Crippen LogP contribution in [0.1, 0.15) is 42.5 Å². The number of para-hydroxylation sites is 1. The molecule has 10 heteroatoms. The van der Waals surface area contributed by atoms with Crippen LogP contribution in [-0.2, 0) is 19.1 Å². The summed E-state index contributed by atoms with van der Waals surface area (Å²) in [7, 11) is 1.47. The van der Waals surface area contributed by atoms with Crippen LogP contribution in [0.3, 0.4) is 0 Å². The molecule has 0 radical (unpaired) electrons. The summed E-state index contributed by atoms with van der Waals surface area (Å²) in [6.45, 7) is 0. The van der Waals surface area contributed by atoms with E-state index in [2.05, 4.69) is 15.4 Å². The Morgan fingerprint density at radius 3 is 2.61 bits per heavy atom. The Balaban J connectivity index is 1.50. The number of ether oxygens (including phenoxy) is 2. The number of hydrogen-bond acceptors (Lipinski definition) is 7. The summed E-state index contributed by atoms with van der Waals surface area (Å²) in [5.41, 5.74) is 0.311. The van der Waals surface area contributed by atoms with Gasteiger partial charge in [-0.05, 0) is 37.8 Å². The number of fused-ring (bicyclic) bond motifs is 1. The van der Waals surface area contributed by atoms with Gasteiger partial charge in [0.1, 0.15) is 23.9 Å². The van der Waals surface area contributed by atoms with E-state index in [0.29, 0.717) is 37.0 Å². The molecule has 2 unspecified atom stereocenters. The third-order valence-corrected chi connectivity index (χ3v) is 6.27. The zero-order chi connectivity index (χ0) is 23.5. The summed E-state index contributed by atoms with van der Waals surface area (Å²) < 4.78 is 9.92. The van der Waals surface area contributed by atoms with Crippen LogP contribution in [0.15, 0.2) is 36.4 Å². The Morgan fingerprint density at radius 2 is 1.88 bits per heavy atom. The molecule has 176 valence electrons. The maximum absolute atomic E-state index is 13.5. The minimum atomic E-state index is -1.41. The molecule has 33 heavy (non-hydrogen) atoms. The van der Waals surface area contributed by atoms with Gasteiger partial charge in [0, 0.05) is 6.04 Å². The number of nitrogens with zero attached hydrogens (tertiary/aromatic N) is 1. The smallest absolute Gasteiger partial charge is 0.310 e. The lowest BCUT2D eigenvalue weighted by Crippen LogP contribution is -2.57. The van der Waals surface area contributed by atoms with Crippen LogP contribution in [-0.4, -0.2) is 71.3 Å². The third-order valence-electron chi connectivity index (χ3n) is 6.27. The summed E-state index contributed by atoms with van der Waals surface area (Å²) in [6.07, 6.45) is 4.27. The molecule has 0 spiro atoms. The number of cyclic esters (lactones) is 1. The molecule has 0 aromatic heterocycles. The molecule has 3 aliphatic rings. The SMILES string of the molecule is COc1ccccc1C(=O)N[C@H]1CC=CC[C@@H]2CC[C@@H](C(=O)NC3CC(=O)OC3O)N2C1=O. The number of carbonyl (C=O) groups excluding carboxylic acids is 4. The van der Waals surface area contributed by atoms with Crippen molar-refractivity contribution in [2.24, 2.45) is 0 Å². The predicted octanol–water partition coefficient (Wildman–Crippen LogP) is 0.253. The number of hydrogen-bond donors (Lipinski definition) is 3. The van der Waals surface area contributed by atoms with Crippen molar-refractivity contribution in [3.8, 4) is 5.75 Å². The summed E-state index contributed by atoms with van der Waals surface area (Å²) in [5.74, 6) is -1.44. The number of benzene rings is 1. The average molecular weight is 457 g/mol. The van der Waals surface area contributed by atoms with Gasteiger partial charge in [0.2, 0.25) is 18.1 Å². The Bertz CT molecular complexity index is 979. The average Bonchev–Trinajstić information content (AvgIpc) is 3.36. The lowest BCUT2D eigenvalue weighted by atomic mass is 10.0. The fourth-order valence-corrected chi connectivity index (χ4v) is 4.61. The van der Waals surface area contributed by atoms with Crippen LogP contribution in [0.2, 0.25) is 0 Å². The molecule has 4 rings (SSSR count). The molecule has 3 N–H and O–H groups in total. The summed E-state index contributed by atoms with van der Waals surface area (Å²) in [4.78, 5) is 52.3. The normalized spacial score (nSPS) is 29.0. The highest BCUT2D eigenvalue weighted by Gasteiger charge is 2.45. The minimum absolute atomic E-state index is 0.128. The first-order valence-corrected chi connectivity index (χ1v) is 11.0. The Morgan fingerprint density at radius 1 is 1.12 bits per heavy atom. The van der Waals surface area contributed by atoms with Gasteiger partial charge < -0.3 is 30.1 Å². The van der Waals surface area contributed by atoms with Crippen molar-refractivity contribution in [2.45, 2.75) is 62.6 Å². The molecule has 0 bridgehead atoms. The number of aliphatic hydroxyl groups excluding tert-OH is 1. The maximum Gasteiger partial charge on any atom is 0.310 e. The lowest BCUT2D eigenvalue weighted by Gasteiger charge is -2.34. The van der Waals surface area contributed by atoms with Crippen molar-refractivity contribution in [3.63, 3.8) is 0 Å². The van der Waals surface area contributed by atoms with E-state index in [0.717, 1.165) is 0 Å². The van der Waals surface area contributed by atoms with E-state index in [1.165, 1.54) is 12.0 Å². The first-order valence-electron chi connectivity index (χ1n) is 11.0. The molecule has 5 atom stereocenters. The lowest BCUT2D eigenvalue weighted by molar-refractivity contribution is -0.155. The van der Waals surface area contributed by atoms with Gasteiger partial charge in [-0.1, -0.05) is 24.3 Å². The second-order valence-corrected chi connectivity index (χ2v) is 8.36. The molecular weight excluding hydrogens is 430 g/mol. The van der Waals surface area contributed by atoms with E-state index >= 15 is 0 Å². The largest absolute Gasteiger partial charge is 0.496 e. The van der Waals surface area contributed by atoms with Gasteiger partial charge in [-0.2, -0.15) is 0 Å². The van der Waals surface area contributed by atoms with Crippen molar-refractivity contribution in [1.29, 1.82) is 0 Å². The molecule has 2 saturated heterocycles. The Kier molecular flexibility index (Phi) is 6.64. The molecule has 3 amide bonds. The maximum atomic E-state index is 13.5. The van der Waals surface area contributed by atoms with Crippen molar-refractivity contribution in [2.75, 3.05) is 7.11 Å². The highest BCUT2D eigenvalue weighted by molar-refractivity contribution is 6.00. The molecule has 0 aliphatic carbocycles. The Labute approximate surface area is 190 Å². The van der Waals surface area contributed by atoms with Gasteiger partial charge in [-0.25, -0.2) is 0 Å². The van der Waals surface area contributed by atoms with Crippen molar-refractivity contribution in [1.82, 2.24) is 15.5 Å². The van der Waals surface area contributed by atoms with Crippen molar-refractivity contribution >= 4 is 23.7 Å². The number of nitrogens with one attached hydrogen (secondary N) is 2. The fourth-order valence-electron chi connectivity index (χ4n) is 4.61. The zero-order valence-corrected chi connectivity index (χ0v) is 18.2. The number of methoxy groups -OCH3 is 1. The number of aliphatic hydroxyl groups is 1. The van der Waals surface area contributed by atoms with E-state index in [9.17, 15) is 24.3 Å². The second kappa shape index (κ2) is 9.62. The molecule has 1 aromatic rings. The highest BCUT2D eigenvalue weighted by atomic mass is 16.6. The van der Waals surface area contributed by atoms with E-state index in [-0.39, 0.29) is 18.4 Å². The molecule has 1 aromatic carbocycles. The highest BCUT2D eigenvalue weighted by Crippen LogP contribution is 2.30. The summed E-state index contributed by atoms with van der Waals surface area (Å²) >= 11 is 0. The van der Waals surface area contributed by atoms with E-state index in [1.54, 1.807) is 24.3 Å². The summed E-state index contributed by atoms with van der Waals surface area (Å²) in [6, 6.07) is 4.09.